The Morgan fingerprint density at radius 3 is 2.47 bits per heavy atom. The summed E-state index contributed by atoms with van der Waals surface area (Å²) in [5.41, 5.74) is -0.372. The standard InChI is InChI=1S/C12H16O3/c1-3-15-11-6-4-10(5-7-11)8-12(2,14)9-13/h4-7,9,14H,3,8H2,1-2H3. The molecule has 1 N–H and O–H groups in total. The second-order valence-electron chi connectivity index (χ2n) is 3.73. The van der Waals surface area contributed by atoms with Gasteiger partial charge in [-0.05, 0) is 31.5 Å². The van der Waals surface area contributed by atoms with E-state index in [1.54, 1.807) is 0 Å². The lowest BCUT2D eigenvalue weighted by Gasteiger charge is -2.15. The van der Waals surface area contributed by atoms with Crippen molar-refractivity contribution in [3.8, 4) is 5.75 Å². The number of aliphatic hydroxyl groups is 1. The highest BCUT2D eigenvalue weighted by molar-refractivity contribution is 5.62. The van der Waals surface area contributed by atoms with Crippen LogP contribution in [0.15, 0.2) is 24.3 Å². The van der Waals surface area contributed by atoms with E-state index in [-0.39, 0.29) is 0 Å². The highest BCUT2D eigenvalue weighted by Crippen LogP contribution is 2.16. The van der Waals surface area contributed by atoms with Crippen LogP contribution >= 0.6 is 0 Å². The van der Waals surface area contributed by atoms with Crippen molar-refractivity contribution >= 4 is 6.29 Å². The van der Waals surface area contributed by atoms with E-state index in [1.165, 1.54) is 6.92 Å². The molecule has 0 aliphatic heterocycles. The first-order valence-corrected chi connectivity index (χ1v) is 4.98. The van der Waals surface area contributed by atoms with Crippen LogP contribution in [0.25, 0.3) is 0 Å². The van der Waals surface area contributed by atoms with Gasteiger partial charge < -0.3 is 14.6 Å². The number of rotatable bonds is 5. The summed E-state index contributed by atoms with van der Waals surface area (Å²) < 4.78 is 5.29. The highest BCUT2D eigenvalue weighted by atomic mass is 16.5. The summed E-state index contributed by atoms with van der Waals surface area (Å²) in [5, 5.41) is 9.55. The maximum atomic E-state index is 10.5. The van der Waals surface area contributed by atoms with Gasteiger partial charge in [-0.25, -0.2) is 0 Å². The number of ether oxygens (including phenoxy) is 1. The first kappa shape index (κ1) is 11.7. The van der Waals surface area contributed by atoms with Crippen molar-refractivity contribution in [2.75, 3.05) is 6.61 Å². The molecule has 1 atom stereocenters. The SMILES string of the molecule is CCOc1ccc(CC(C)(O)C=O)cc1. The van der Waals surface area contributed by atoms with E-state index in [2.05, 4.69) is 0 Å². The van der Waals surface area contributed by atoms with Crippen molar-refractivity contribution in [1.82, 2.24) is 0 Å². The number of hydrogen-bond donors (Lipinski definition) is 1. The van der Waals surface area contributed by atoms with Crippen LogP contribution in [0.1, 0.15) is 19.4 Å². The summed E-state index contributed by atoms with van der Waals surface area (Å²) >= 11 is 0. The first-order valence-electron chi connectivity index (χ1n) is 4.98. The van der Waals surface area contributed by atoms with Crippen molar-refractivity contribution < 1.29 is 14.6 Å². The average Bonchev–Trinajstić information content (AvgIpc) is 2.21. The number of aldehydes is 1. The fraction of sp³-hybridized carbons (Fsp3) is 0.417. The van der Waals surface area contributed by atoms with E-state index in [1.807, 2.05) is 31.2 Å². The van der Waals surface area contributed by atoms with Gasteiger partial charge in [-0.15, -0.1) is 0 Å². The predicted octanol–water partition coefficient (Wildman–Crippen LogP) is 1.58. The smallest absolute Gasteiger partial charge is 0.151 e. The number of carbonyl (C=O) groups is 1. The minimum Gasteiger partial charge on any atom is -0.494 e. The van der Waals surface area contributed by atoms with Crippen LogP contribution in [0.3, 0.4) is 0 Å². The fourth-order valence-corrected chi connectivity index (χ4v) is 1.33. The average molecular weight is 208 g/mol. The Bertz CT molecular complexity index is 314. The molecular weight excluding hydrogens is 192 g/mol. The van der Waals surface area contributed by atoms with E-state index in [0.29, 0.717) is 19.3 Å². The Hall–Kier alpha value is -1.35. The molecule has 15 heavy (non-hydrogen) atoms. The Balaban J connectivity index is 2.68. The van der Waals surface area contributed by atoms with Crippen LogP contribution in [0.4, 0.5) is 0 Å². The zero-order valence-corrected chi connectivity index (χ0v) is 9.06. The molecule has 0 radical (unpaired) electrons. The molecule has 0 saturated heterocycles. The van der Waals surface area contributed by atoms with E-state index >= 15 is 0 Å². The van der Waals surface area contributed by atoms with Crippen LogP contribution in [-0.2, 0) is 11.2 Å². The van der Waals surface area contributed by atoms with Gasteiger partial charge in [0.25, 0.3) is 0 Å². The number of hydrogen-bond acceptors (Lipinski definition) is 3. The summed E-state index contributed by atoms with van der Waals surface area (Å²) in [5.74, 6) is 0.798. The summed E-state index contributed by atoms with van der Waals surface area (Å²) in [4.78, 5) is 10.5. The monoisotopic (exact) mass is 208 g/mol. The molecule has 1 aromatic carbocycles. The third kappa shape index (κ3) is 3.72. The second-order valence-corrected chi connectivity index (χ2v) is 3.73. The molecule has 0 bridgehead atoms. The van der Waals surface area contributed by atoms with Gasteiger partial charge in [-0.2, -0.15) is 0 Å². The van der Waals surface area contributed by atoms with Gasteiger partial charge in [-0.3, -0.25) is 0 Å². The minimum absolute atomic E-state index is 0.322. The molecule has 3 heteroatoms. The van der Waals surface area contributed by atoms with Gasteiger partial charge in [0.05, 0.1) is 6.61 Å². The van der Waals surface area contributed by atoms with Gasteiger partial charge in [-0.1, -0.05) is 12.1 Å². The summed E-state index contributed by atoms with van der Waals surface area (Å²) in [6.07, 6.45) is 0.881. The first-order chi connectivity index (χ1) is 7.07. The van der Waals surface area contributed by atoms with Crippen LogP contribution < -0.4 is 4.74 Å². The Labute approximate surface area is 89.7 Å². The molecule has 0 aromatic heterocycles. The van der Waals surface area contributed by atoms with Crippen LogP contribution in [-0.4, -0.2) is 23.6 Å². The Morgan fingerprint density at radius 1 is 1.40 bits per heavy atom. The van der Waals surface area contributed by atoms with E-state index in [0.717, 1.165) is 11.3 Å². The molecule has 0 saturated carbocycles. The molecular formula is C12H16O3. The molecule has 0 fully saturated rings. The van der Waals surface area contributed by atoms with E-state index in [4.69, 9.17) is 4.74 Å². The zero-order valence-electron chi connectivity index (χ0n) is 9.06. The van der Waals surface area contributed by atoms with E-state index < -0.39 is 5.60 Å². The molecule has 0 amide bonds. The Morgan fingerprint density at radius 2 is 2.00 bits per heavy atom. The third-order valence-electron chi connectivity index (χ3n) is 2.05. The topological polar surface area (TPSA) is 46.5 Å². The van der Waals surface area contributed by atoms with Gasteiger partial charge in [0.15, 0.2) is 6.29 Å². The van der Waals surface area contributed by atoms with E-state index in [9.17, 15) is 9.90 Å². The highest BCUT2D eigenvalue weighted by Gasteiger charge is 2.19. The molecule has 82 valence electrons. The van der Waals surface area contributed by atoms with Gasteiger partial charge in [0.1, 0.15) is 11.4 Å². The van der Waals surface area contributed by atoms with Crippen LogP contribution in [0.5, 0.6) is 5.75 Å². The summed E-state index contributed by atoms with van der Waals surface area (Å²) in [6, 6.07) is 7.37. The molecule has 1 aromatic rings. The minimum atomic E-state index is -1.28. The predicted molar refractivity (Wildman–Crippen MR) is 58.0 cm³/mol. The third-order valence-corrected chi connectivity index (χ3v) is 2.05. The van der Waals surface area contributed by atoms with Crippen molar-refractivity contribution in [1.29, 1.82) is 0 Å². The molecule has 0 spiro atoms. The number of carbonyl (C=O) groups excluding carboxylic acids is 1. The lowest BCUT2D eigenvalue weighted by Crippen LogP contribution is -2.28. The largest absolute Gasteiger partial charge is 0.494 e. The molecule has 0 heterocycles. The van der Waals surface area contributed by atoms with Crippen LogP contribution in [0.2, 0.25) is 0 Å². The molecule has 3 nitrogen and oxygen atoms in total. The van der Waals surface area contributed by atoms with Crippen LogP contribution in [0, 0.1) is 0 Å². The lowest BCUT2D eigenvalue weighted by atomic mass is 9.98. The van der Waals surface area contributed by atoms with Crippen molar-refractivity contribution in [2.24, 2.45) is 0 Å². The lowest BCUT2D eigenvalue weighted by molar-refractivity contribution is -0.122. The summed E-state index contributed by atoms with van der Waals surface area (Å²) in [6.45, 7) is 4.05. The van der Waals surface area contributed by atoms with Gasteiger partial charge in [0, 0.05) is 6.42 Å². The van der Waals surface area contributed by atoms with Crippen molar-refractivity contribution in [2.45, 2.75) is 25.9 Å². The molecule has 0 aliphatic rings. The Kier molecular flexibility index (Phi) is 3.86. The van der Waals surface area contributed by atoms with Gasteiger partial charge in [0.2, 0.25) is 0 Å². The molecule has 1 unspecified atom stereocenters. The number of benzene rings is 1. The molecule has 1 rings (SSSR count). The fourth-order valence-electron chi connectivity index (χ4n) is 1.33. The second kappa shape index (κ2) is 4.94. The molecule has 0 aliphatic carbocycles. The normalized spacial score (nSPS) is 14.3. The van der Waals surface area contributed by atoms with Crippen molar-refractivity contribution in [3.05, 3.63) is 29.8 Å². The zero-order chi connectivity index (χ0) is 11.3. The summed E-state index contributed by atoms with van der Waals surface area (Å²) in [7, 11) is 0. The maximum Gasteiger partial charge on any atom is 0.151 e. The maximum absolute atomic E-state index is 10.5. The quantitative estimate of drug-likeness (QED) is 0.747. The van der Waals surface area contributed by atoms with Crippen molar-refractivity contribution in [3.63, 3.8) is 0 Å². The van der Waals surface area contributed by atoms with Gasteiger partial charge >= 0.3 is 0 Å².